The van der Waals surface area contributed by atoms with Gasteiger partial charge in [0.15, 0.2) is 0 Å². The van der Waals surface area contributed by atoms with Gasteiger partial charge < -0.3 is 15.7 Å². The van der Waals surface area contributed by atoms with Crippen molar-refractivity contribution in [3.8, 4) is 22.5 Å². The summed E-state index contributed by atoms with van der Waals surface area (Å²) in [4.78, 5) is 48.9. The molecule has 0 atom stereocenters. The van der Waals surface area contributed by atoms with Crippen LogP contribution in [-0.2, 0) is 0 Å². The Morgan fingerprint density at radius 3 is 2.14 bits per heavy atom. The Morgan fingerprint density at radius 1 is 0.838 bits per heavy atom. The van der Waals surface area contributed by atoms with Crippen molar-refractivity contribution in [3.05, 3.63) is 93.0 Å². The maximum Gasteiger partial charge on any atom is 0.339 e. The summed E-state index contributed by atoms with van der Waals surface area (Å²) in [6, 6.07) is 11.9. The Labute approximate surface area is 208 Å². The molecule has 0 saturated carbocycles. The quantitative estimate of drug-likeness (QED) is 0.162. The first-order chi connectivity index (χ1) is 17.8. The van der Waals surface area contributed by atoms with Gasteiger partial charge in [-0.25, -0.2) is 24.7 Å². The van der Waals surface area contributed by atoms with Crippen molar-refractivity contribution in [1.29, 1.82) is 0 Å². The van der Waals surface area contributed by atoms with Crippen molar-refractivity contribution in [1.82, 2.24) is 19.9 Å². The fourth-order valence-corrected chi connectivity index (χ4v) is 3.36. The van der Waals surface area contributed by atoms with E-state index in [1.807, 2.05) is 0 Å². The summed E-state index contributed by atoms with van der Waals surface area (Å²) in [5.74, 6) is -0.342. The Morgan fingerprint density at radius 2 is 1.51 bits per heavy atom. The molecule has 3 aromatic heterocycles. The molecule has 0 bridgehead atoms. The normalized spacial score (nSPS) is 10.5. The number of hydrogen-bond acceptors (Lipinski definition) is 11. The van der Waals surface area contributed by atoms with Crippen molar-refractivity contribution < 1.29 is 19.7 Å². The van der Waals surface area contributed by atoms with Crippen molar-refractivity contribution in [2.45, 2.75) is 0 Å². The highest BCUT2D eigenvalue weighted by Gasteiger charge is 2.16. The summed E-state index contributed by atoms with van der Waals surface area (Å²) in [5, 5.41) is 37.5. The number of nitro benzene ring substituents is 1. The Balaban J connectivity index is 1.59. The highest BCUT2D eigenvalue weighted by atomic mass is 16.6. The molecule has 4 rings (SSSR count). The van der Waals surface area contributed by atoms with Crippen LogP contribution in [0.15, 0.2) is 67.3 Å². The predicted octanol–water partition coefficient (Wildman–Crippen LogP) is 3.64. The lowest BCUT2D eigenvalue weighted by molar-refractivity contribution is -0.385. The highest BCUT2D eigenvalue weighted by molar-refractivity contribution is 5.95. The molecule has 0 saturated heterocycles. The SMILES string of the molecule is O=C(O)c1cncnc1-c1cc(NCCNc2ccc([N+](=O)[O-])cn2)nc(-c2ccc([N+](=O)[O-])cc2)c1. The molecule has 0 radical (unpaired) electrons. The van der Waals surface area contributed by atoms with Crippen LogP contribution in [0.25, 0.3) is 22.5 Å². The second-order valence-electron chi connectivity index (χ2n) is 7.53. The monoisotopic (exact) mass is 502 g/mol. The first-order valence-corrected chi connectivity index (χ1v) is 10.7. The Hall–Kier alpha value is -5.53. The first-order valence-electron chi connectivity index (χ1n) is 10.7. The molecular formula is C23H18N8O6. The maximum absolute atomic E-state index is 11.7. The van der Waals surface area contributed by atoms with E-state index in [0.717, 1.165) is 6.20 Å². The number of rotatable bonds is 10. The smallest absolute Gasteiger partial charge is 0.339 e. The van der Waals surface area contributed by atoms with Crippen molar-refractivity contribution in [3.63, 3.8) is 0 Å². The van der Waals surface area contributed by atoms with E-state index in [0.29, 0.717) is 41.5 Å². The number of nitrogens with one attached hydrogen (secondary N) is 2. The van der Waals surface area contributed by atoms with E-state index in [4.69, 9.17) is 0 Å². The number of carbonyl (C=O) groups is 1. The minimum Gasteiger partial charge on any atom is -0.478 e. The van der Waals surface area contributed by atoms with Crippen LogP contribution in [0.2, 0.25) is 0 Å². The molecular weight excluding hydrogens is 484 g/mol. The lowest BCUT2D eigenvalue weighted by Crippen LogP contribution is -2.15. The summed E-state index contributed by atoms with van der Waals surface area (Å²) in [7, 11) is 0. The molecule has 3 heterocycles. The predicted molar refractivity (Wildman–Crippen MR) is 132 cm³/mol. The van der Waals surface area contributed by atoms with Gasteiger partial charge >= 0.3 is 5.97 Å². The van der Waals surface area contributed by atoms with E-state index in [-0.39, 0.29) is 22.6 Å². The molecule has 4 aromatic rings. The van der Waals surface area contributed by atoms with E-state index in [1.54, 1.807) is 24.3 Å². The zero-order valence-corrected chi connectivity index (χ0v) is 18.9. The first kappa shape index (κ1) is 24.6. The van der Waals surface area contributed by atoms with Gasteiger partial charge in [0.25, 0.3) is 11.4 Å². The molecule has 0 spiro atoms. The molecule has 1 aromatic carbocycles. The van der Waals surface area contributed by atoms with Crippen LogP contribution in [0.1, 0.15) is 10.4 Å². The van der Waals surface area contributed by atoms with Gasteiger partial charge in [-0.05, 0) is 30.3 Å². The molecule has 0 aliphatic rings. The third kappa shape index (κ3) is 5.94. The summed E-state index contributed by atoms with van der Waals surface area (Å²) < 4.78 is 0. The van der Waals surface area contributed by atoms with Crippen LogP contribution < -0.4 is 10.6 Å². The van der Waals surface area contributed by atoms with Gasteiger partial charge in [0.1, 0.15) is 29.7 Å². The number of aromatic nitrogens is 4. The van der Waals surface area contributed by atoms with Crippen LogP contribution in [0.5, 0.6) is 0 Å². The summed E-state index contributed by atoms with van der Waals surface area (Å²) in [6.45, 7) is 0.752. The Kier molecular flexibility index (Phi) is 7.19. The summed E-state index contributed by atoms with van der Waals surface area (Å²) >= 11 is 0. The maximum atomic E-state index is 11.7. The number of nitrogens with zero attached hydrogens (tertiary/aromatic N) is 6. The van der Waals surface area contributed by atoms with Gasteiger partial charge in [-0.1, -0.05) is 0 Å². The number of aromatic carboxylic acids is 1. The zero-order chi connectivity index (χ0) is 26.4. The topological polar surface area (TPSA) is 199 Å². The van der Waals surface area contributed by atoms with Gasteiger partial charge in [-0.3, -0.25) is 20.2 Å². The Bertz CT molecular complexity index is 1460. The number of benzene rings is 1. The number of non-ortho nitro benzene ring substituents is 1. The van der Waals surface area contributed by atoms with E-state index >= 15 is 0 Å². The van der Waals surface area contributed by atoms with Gasteiger partial charge in [0, 0.05) is 48.6 Å². The van der Waals surface area contributed by atoms with Crippen molar-refractivity contribution in [2.24, 2.45) is 0 Å². The van der Waals surface area contributed by atoms with Gasteiger partial charge in [-0.15, -0.1) is 0 Å². The number of pyridine rings is 2. The summed E-state index contributed by atoms with van der Waals surface area (Å²) in [6.07, 6.45) is 3.59. The van der Waals surface area contributed by atoms with Crippen LogP contribution in [-0.4, -0.2) is 53.9 Å². The number of anilines is 2. The molecule has 0 aliphatic carbocycles. The van der Waals surface area contributed by atoms with Crippen molar-refractivity contribution >= 4 is 29.0 Å². The van der Waals surface area contributed by atoms with Gasteiger partial charge in [-0.2, -0.15) is 0 Å². The number of nitro groups is 2. The number of carboxylic acids is 1. The third-order valence-electron chi connectivity index (χ3n) is 5.11. The highest BCUT2D eigenvalue weighted by Crippen LogP contribution is 2.29. The molecule has 0 unspecified atom stereocenters. The molecule has 14 heteroatoms. The molecule has 186 valence electrons. The van der Waals surface area contributed by atoms with Crippen LogP contribution in [0.3, 0.4) is 0 Å². The second kappa shape index (κ2) is 10.8. The van der Waals surface area contributed by atoms with Gasteiger partial charge in [0.05, 0.1) is 21.2 Å². The lowest BCUT2D eigenvalue weighted by atomic mass is 10.0. The fraction of sp³-hybridized carbons (Fsp3) is 0.0870. The van der Waals surface area contributed by atoms with Crippen LogP contribution >= 0.6 is 0 Å². The number of hydrogen-bond donors (Lipinski definition) is 3. The number of carboxylic acid groups (broad SMARTS) is 1. The molecule has 0 fully saturated rings. The van der Waals surface area contributed by atoms with Crippen LogP contribution in [0.4, 0.5) is 23.0 Å². The third-order valence-corrected chi connectivity index (χ3v) is 5.11. The molecule has 14 nitrogen and oxygen atoms in total. The largest absolute Gasteiger partial charge is 0.478 e. The zero-order valence-electron chi connectivity index (χ0n) is 18.9. The average Bonchev–Trinajstić information content (AvgIpc) is 2.91. The van der Waals surface area contributed by atoms with Crippen LogP contribution in [0, 0.1) is 20.2 Å². The van der Waals surface area contributed by atoms with E-state index < -0.39 is 15.8 Å². The lowest BCUT2D eigenvalue weighted by Gasteiger charge is -2.12. The van der Waals surface area contributed by atoms with E-state index in [9.17, 15) is 30.1 Å². The molecule has 0 amide bonds. The van der Waals surface area contributed by atoms with E-state index in [2.05, 4.69) is 30.6 Å². The van der Waals surface area contributed by atoms with Gasteiger partial charge in [0.2, 0.25) is 0 Å². The second-order valence-corrected chi connectivity index (χ2v) is 7.53. The fourth-order valence-electron chi connectivity index (χ4n) is 3.36. The minimum absolute atomic E-state index is 0.0758. The van der Waals surface area contributed by atoms with E-state index in [1.165, 1.54) is 36.8 Å². The average molecular weight is 502 g/mol. The standard InChI is InChI=1S/C23H18N8O6/c32-23(33)18-12-24-13-28-22(18)15-9-19(14-1-3-16(4-2-14)30(34)35)29-21(10-15)26-8-7-25-20-6-5-17(11-27-20)31(36)37/h1-6,9-13H,7-8H2,(H,25,27)(H,26,29)(H,32,33). The molecule has 0 aliphatic heterocycles. The minimum atomic E-state index is -1.20. The summed E-state index contributed by atoms with van der Waals surface area (Å²) in [5.41, 5.74) is 1.37. The van der Waals surface area contributed by atoms with Crippen molar-refractivity contribution in [2.75, 3.05) is 23.7 Å². The molecule has 37 heavy (non-hydrogen) atoms. The molecule has 3 N–H and O–H groups in total.